The molecule has 1 aliphatic heterocycles. The number of aromatic nitrogens is 1. The molecule has 0 unspecified atom stereocenters. The van der Waals surface area contributed by atoms with Crippen LogP contribution in [0, 0.1) is 0 Å². The average molecular weight is 261 g/mol. The summed E-state index contributed by atoms with van der Waals surface area (Å²) in [5.74, 6) is 0. The van der Waals surface area contributed by atoms with E-state index in [0.717, 1.165) is 36.6 Å². The number of nitrogens with zero attached hydrogens (tertiary/aromatic N) is 1. The molecule has 0 saturated carbocycles. The molecule has 0 fully saturated rings. The van der Waals surface area contributed by atoms with Gasteiger partial charge in [-0.25, -0.2) is 0 Å². The molecule has 1 aromatic carbocycles. The number of H-pyrrole nitrogens is 1. The van der Waals surface area contributed by atoms with Crippen molar-refractivity contribution in [2.24, 2.45) is 0 Å². The number of rotatable bonds is 2. The Morgan fingerprint density at radius 1 is 1.39 bits per heavy atom. The van der Waals surface area contributed by atoms with Crippen molar-refractivity contribution < 1.29 is 0 Å². The third-order valence-electron chi connectivity index (χ3n) is 3.73. The molecule has 0 amide bonds. The van der Waals surface area contributed by atoms with Gasteiger partial charge in [0.2, 0.25) is 0 Å². The topological polar surface area (TPSA) is 19.0 Å². The Labute approximate surface area is 112 Å². The maximum atomic E-state index is 6.01. The Hall–Kier alpha value is -1.25. The molecule has 0 atom stereocenters. The fourth-order valence-corrected chi connectivity index (χ4v) is 2.78. The van der Waals surface area contributed by atoms with Crippen LogP contribution in [0.25, 0.3) is 16.5 Å². The molecule has 0 bridgehead atoms. The van der Waals surface area contributed by atoms with Crippen molar-refractivity contribution in [3.8, 4) is 0 Å². The highest BCUT2D eigenvalue weighted by atomic mass is 35.5. The van der Waals surface area contributed by atoms with Crippen LogP contribution in [0.2, 0.25) is 5.02 Å². The quantitative estimate of drug-likeness (QED) is 0.867. The molecule has 2 heterocycles. The fourth-order valence-electron chi connectivity index (χ4n) is 2.61. The largest absolute Gasteiger partial charge is 0.361 e. The maximum Gasteiger partial charge on any atom is 0.0475 e. The standard InChI is InChI=1S/C15H17ClN2/c1-2-18-7-5-11(6-8-18)14-10-17-15-9-12(16)3-4-13(14)15/h3-5,9-10,17H,2,6-8H2,1H3. The van der Waals surface area contributed by atoms with E-state index in [2.05, 4.69) is 35.1 Å². The minimum Gasteiger partial charge on any atom is -0.361 e. The number of likely N-dealkylation sites (N-methyl/N-ethyl adjacent to an activating group) is 1. The van der Waals surface area contributed by atoms with Gasteiger partial charge < -0.3 is 4.98 Å². The summed E-state index contributed by atoms with van der Waals surface area (Å²) >= 11 is 6.01. The predicted molar refractivity (Wildman–Crippen MR) is 78.0 cm³/mol. The van der Waals surface area contributed by atoms with Crippen molar-refractivity contribution in [1.82, 2.24) is 9.88 Å². The van der Waals surface area contributed by atoms with E-state index < -0.39 is 0 Å². The van der Waals surface area contributed by atoms with Gasteiger partial charge in [0.05, 0.1) is 0 Å². The maximum absolute atomic E-state index is 6.01. The van der Waals surface area contributed by atoms with Crippen molar-refractivity contribution in [2.45, 2.75) is 13.3 Å². The Kier molecular flexibility index (Phi) is 3.14. The van der Waals surface area contributed by atoms with E-state index in [1.807, 2.05) is 12.1 Å². The summed E-state index contributed by atoms with van der Waals surface area (Å²) in [6.07, 6.45) is 5.59. The Bertz CT molecular complexity index is 598. The summed E-state index contributed by atoms with van der Waals surface area (Å²) in [6.45, 7) is 5.56. The molecule has 1 aromatic heterocycles. The van der Waals surface area contributed by atoms with E-state index in [4.69, 9.17) is 11.6 Å². The monoisotopic (exact) mass is 260 g/mol. The third-order valence-corrected chi connectivity index (χ3v) is 3.97. The van der Waals surface area contributed by atoms with Crippen LogP contribution >= 0.6 is 11.6 Å². The number of nitrogens with one attached hydrogen (secondary N) is 1. The number of aromatic amines is 1. The van der Waals surface area contributed by atoms with Crippen molar-refractivity contribution in [3.63, 3.8) is 0 Å². The smallest absolute Gasteiger partial charge is 0.0475 e. The van der Waals surface area contributed by atoms with Gasteiger partial charge in [0.25, 0.3) is 0 Å². The van der Waals surface area contributed by atoms with Crippen LogP contribution in [-0.4, -0.2) is 29.5 Å². The van der Waals surface area contributed by atoms with Gasteiger partial charge >= 0.3 is 0 Å². The van der Waals surface area contributed by atoms with Gasteiger partial charge in [-0.2, -0.15) is 0 Å². The number of hydrogen-bond acceptors (Lipinski definition) is 1. The molecule has 3 rings (SSSR count). The summed E-state index contributed by atoms with van der Waals surface area (Å²) in [4.78, 5) is 5.77. The lowest BCUT2D eigenvalue weighted by molar-refractivity contribution is 0.319. The third kappa shape index (κ3) is 2.06. The lowest BCUT2D eigenvalue weighted by Gasteiger charge is -2.24. The molecule has 0 saturated heterocycles. The first kappa shape index (κ1) is 11.8. The zero-order chi connectivity index (χ0) is 12.5. The summed E-state index contributed by atoms with van der Waals surface area (Å²) in [5, 5.41) is 2.06. The summed E-state index contributed by atoms with van der Waals surface area (Å²) in [5.41, 5.74) is 3.90. The fraction of sp³-hybridized carbons (Fsp3) is 0.333. The highest BCUT2D eigenvalue weighted by molar-refractivity contribution is 6.31. The molecule has 94 valence electrons. The van der Waals surface area contributed by atoms with Gasteiger partial charge in [-0.3, -0.25) is 4.90 Å². The first-order chi connectivity index (χ1) is 8.78. The van der Waals surface area contributed by atoms with Crippen LogP contribution < -0.4 is 0 Å². The molecule has 1 N–H and O–H groups in total. The average Bonchev–Trinajstić information content (AvgIpc) is 2.81. The second kappa shape index (κ2) is 4.79. The van der Waals surface area contributed by atoms with Gasteiger partial charge in [-0.1, -0.05) is 30.7 Å². The first-order valence-corrected chi connectivity index (χ1v) is 6.84. The normalized spacial score (nSPS) is 17.1. The van der Waals surface area contributed by atoms with Crippen molar-refractivity contribution in [3.05, 3.63) is 41.1 Å². The zero-order valence-electron chi connectivity index (χ0n) is 10.5. The molecule has 3 heteroatoms. The Balaban J connectivity index is 1.98. The van der Waals surface area contributed by atoms with Crippen LogP contribution in [0.5, 0.6) is 0 Å². The molecule has 2 nitrogen and oxygen atoms in total. The predicted octanol–water partition coefficient (Wildman–Crippen LogP) is 3.93. The molecule has 0 spiro atoms. The highest BCUT2D eigenvalue weighted by Crippen LogP contribution is 2.30. The molecule has 18 heavy (non-hydrogen) atoms. The first-order valence-electron chi connectivity index (χ1n) is 6.46. The van der Waals surface area contributed by atoms with E-state index in [1.54, 1.807) is 0 Å². The van der Waals surface area contributed by atoms with Crippen LogP contribution in [-0.2, 0) is 0 Å². The van der Waals surface area contributed by atoms with E-state index in [-0.39, 0.29) is 0 Å². The summed E-state index contributed by atoms with van der Waals surface area (Å²) < 4.78 is 0. The van der Waals surface area contributed by atoms with E-state index in [9.17, 15) is 0 Å². The second-order valence-electron chi connectivity index (χ2n) is 4.76. The Morgan fingerprint density at radius 3 is 3.00 bits per heavy atom. The van der Waals surface area contributed by atoms with E-state index in [1.165, 1.54) is 16.5 Å². The van der Waals surface area contributed by atoms with Crippen LogP contribution in [0.1, 0.15) is 18.9 Å². The van der Waals surface area contributed by atoms with Crippen LogP contribution in [0.3, 0.4) is 0 Å². The number of halogens is 1. The lowest BCUT2D eigenvalue weighted by Crippen LogP contribution is -2.27. The number of hydrogen-bond donors (Lipinski definition) is 1. The molecule has 0 radical (unpaired) electrons. The van der Waals surface area contributed by atoms with Gasteiger partial charge in [-0.15, -0.1) is 0 Å². The molecule has 0 aliphatic carbocycles. The molecule has 2 aromatic rings. The zero-order valence-corrected chi connectivity index (χ0v) is 11.3. The lowest BCUT2D eigenvalue weighted by atomic mass is 9.99. The number of benzene rings is 1. The summed E-state index contributed by atoms with van der Waals surface area (Å²) in [6, 6.07) is 6.06. The second-order valence-corrected chi connectivity index (χ2v) is 5.20. The van der Waals surface area contributed by atoms with Gasteiger partial charge in [0.15, 0.2) is 0 Å². The highest BCUT2D eigenvalue weighted by Gasteiger charge is 2.14. The molecule has 1 aliphatic rings. The Morgan fingerprint density at radius 2 is 2.28 bits per heavy atom. The minimum atomic E-state index is 0.783. The van der Waals surface area contributed by atoms with Crippen molar-refractivity contribution >= 4 is 28.1 Å². The minimum absolute atomic E-state index is 0.783. The van der Waals surface area contributed by atoms with Crippen molar-refractivity contribution in [2.75, 3.05) is 19.6 Å². The van der Waals surface area contributed by atoms with Crippen LogP contribution in [0.4, 0.5) is 0 Å². The summed E-state index contributed by atoms with van der Waals surface area (Å²) in [7, 11) is 0. The number of fused-ring (bicyclic) bond motifs is 1. The van der Waals surface area contributed by atoms with E-state index in [0.29, 0.717) is 0 Å². The van der Waals surface area contributed by atoms with E-state index >= 15 is 0 Å². The van der Waals surface area contributed by atoms with Crippen molar-refractivity contribution in [1.29, 1.82) is 0 Å². The SMILES string of the molecule is CCN1CC=C(c2c[nH]c3cc(Cl)ccc23)CC1. The van der Waals surface area contributed by atoms with Gasteiger partial charge in [0.1, 0.15) is 0 Å². The molecular weight excluding hydrogens is 244 g/mol. The van der Waals surface area contributed by atoms with Gasteiger partial charge in [0, 0.05) is 40.8 Å². The molecular formula is C15H17ClN2. The van der Waals surface area contributed by atoms with Gasteiger partial charge in [-0.05, 0) is 30.7 Å². The van der Waals surface area contributed by atoms with Crippen LogP contribution in [0.15, 0.2) is 30.5 Å².